The molecule has 0 bridgehead atoms. The lowest BCUT2D eigenvalue weighted by atomic mass is 10.2. The van der Waals surface area contributed by atoms with E-state index in [9.17, 15) is 4.79 Å². The Bertz CT molecular complexity index is 876. The molecule has 0 aliphatic heterocycles. The van der Waals surface area contributed by atoms with Crippen LogP contribution in [0.15, 0.2) is 45.4 Å². The van der Waals surface area contributed by atoms with Crippen LogP contribution < -0.4 is 14.8 Å². The van der Waals surface area contributed by atoms with Gasteiger partial charge < -0.3 is 19.3 Å². The van der Waals surface area contributed by atoms with E-state index in [1.54, 1.807) is 24.3 Å². The maximum atomic E-state index is 12.4. The van der Waals surface area contributed by atoms with Crippen LogP contribution in [0.3, 0.4) is 0 Å². The summed E-state index contributed by atoms with van der Waals surface area (Å²) in [4.78, 5) is 12.4. The number of fused-ring (bicyclic) bond motifs is 1. The van der Waals surface area contributed by atoms with Crippen LogP contribution in [-0.2, 0) is 0 Å². The minimum atomic E-state index is -0.318. The van der Waals surface area contributed by atoms with Crippen molar-refractivity contribution in [3.05, 3.63) is 46.4 Å². The van der Waals surface area contributed by atoms with E-state index < -0.39 is 0 Å². The summed E-state index contributed by atoms with van der Waals surface area (Å²) in [5, 5.41) is 7.35. The Morgan fingerprint density at radius 1 is 1.13 bits per heavy atom. The van der Waals surface area contributed by atoms with Crippen LogP contribution in [0, 0.1) is 0 Å². The van der Waals surface area contributed by atoms with Gasteiger partial charge in [0.1, 0.15) is 0 Å². The van der Waals surface area contributed by atoms with Crippen molar-refractivity contribution in [3.63, 3.8) is 0 Å². The zero-order chi connectivity index (χ0) is 16.4. The number of aromatic nitrogens is 1. The molecule has 0 saturated heterocycles. The predicted octanol–water partition coefficient (Wildman–Crippen LogP) is 3.86. The lowest BCUT2D eigenvalue weighted by Crippen LogP contribution is -2.12. The summed E-state index contributed by atoms with van der Waals surface area (Å²) >= 11 is 3.38. The summed E-state index contributed by atoms with van der Waals surface area (Å²) in [6, 6.07) is 10.4. The highest BCUT2D eigenvalue weighted by Gasteiger charge is 2.15. The fourth-order valence-corrected chi connectivity index (χ4v) is 2.52. The molecule has 1 heterocycles. The van der Waals surface area contributed by atoms with E-state index in [-0.39, 0.29) is 5.91 Å². The van der Waals surface area contributed by atoms with Crippen LogP contribution in [0.1, 0.15) is 10.4 Å². The quantitative estimate of drug-likeness (QED) is 0.748. The topological polar surface area (TPSA) is 73.6 Å². The molecule has 1 aromatic heterocycles. The molecule has 1 N–H and O–H groups in total. The van der Waals surface area contributed by atoms with Gasteiger partial charge in [0.25, 0.3) is 5.91 Å². The second-order valence-electron chi connectivity index (χ2n) is 4.70. The van der Waals surface area contributed by atoms with Crippen molar-refractivity contribution in [3.8, 4) is 11.5 Å². The number of hydrogen-bond donors (Lipinski definition) is 1. The number of amides is 1. The van der Waals surface area contributed by atoms with Crippen molar-refractivity contribution in [2.24, 2.45) is 0 Å². The van der Waals surface area contributed by atoms with E-state index in [0.717, 1.165) is 4.47 Å². The summed E-state index contributed by atoms with van der Waals surface area (Å²) in [5.41, 5.74) is 1.02. The van der Waals surface area contributed by atoms with Crippen molar-refractivity contribution in [2.45, 2.75) is 0 Å². The van der Waals surface area contributed by atoms with E-state index >= 15 is 0 Å². The standard InChI is InChI=1S/C16H13BrN2O4/c1-21-13-5-3-9(7-14(13)22-2)16(20)18-15-11-8-10(17)4-6-12(11)23-19-15/h3-8H,1-2H3,(H,18,19,20). The number of hydrogen-bond acceptors (Lipinski definition) is 5. The molecule has 3 rings (SSSR count). The van der Waals surface area contributed by atoms with Crippen LogP contribution in [0.2, 0.25) is 0 Å². The van der Waals surface area contributed by atoms with E-state index in [2.05, 4.69) is 26.4 Å². The molecular weight excluding hydrogens is 364 g/mol. The van der Waals surface area contributed by atoms with Gasteiger partial charge in [-0.1, -0.05) is 21.1 Å². The van der Waals surface area contributed by atoms with Crippen molar-refractivity contribution < 1.29 is 18.8 Å². The number of carbonyl (C=O) groups is 1. The Labute approximate surface area is 140 Å². The zero-order valence-corrected chi connectivity index (χ0v) is 14.0. The van der Waals surface area contributed by atoms with Crippen molar-refractivity contribution in [1.82, 2.24) is 5.16 Å². The van der Waals surface area contributed by atoms with Gasteiger partial charge >= 0.3 is 0 Å². The van der Waals surface area contributed by atoms with E-state index in [4.69, 9.17) is 14.0 Å². The third-order valence-corrected chi connectivity index (χ3v) is 3.80. The maximum Gasteiger partial charge on any atom is 0.257 e. The van der Waals surface area contributed by atoms with Crippen LogP contribution in [0.5, 0.6) is 11.5 Å². The molecule has 0 radical (unpaired) electrons. The summed E-state index contributed by atoms with van der Waals surface area (Å²) in [5.74, 6) is 1.08. The van der Waals surface area contributed by atoms with E-state index in [0.29, 0.717) is 33.8 Å². The first-order chi connectivity index (χ1) is 11.1. The molecule has 118 valence electrons. The number of nitrogens with zero attached hydrogens (tertiary/aromatic N) is 1. The fourth-order valence-electron chi connectivity index (χ4n) is 2.16. The van der Waals surface area contributed by atoms with Crippen LogP contribution in [0.25, 0.3) is 11.0 Å². The number of benzene rings is 2. The Morgan fingerprint density at radius 3 is 2.65 bits per heavy atom. The highest BCUT2D eigenvalue weighted by Crippen LogP contribution is 2.29. The average molecular weight is 377 g/mol. The van der Waals surface area contributed by atoms with E-state index in [1.807, 2.05) is 12.1 Å². The van der Waals surface area contributed by atoms with E-state index in [1.165, 1.54) is 14.2 Å². The van der Waals surface area contributed by atoms with Gasteiger partial charge in [0.05, 0.1) is 19.6 Å². The first-order valence-electron chi connectivity index (χ1n) is 6.70. The van der Waals surface area contributed by atoms with Crippen molar-refractivity contribution in [1.29, 1.82) is 0 Å². The molecule has 6 nitrogen and oxygen atoms in total. The molecule has 2 aromatic carbocycles. The van der Waals surface area contributed by atoms with Gasteiger partial charge in [0.15, 0.2) is 22.9 Å². The lowest BCUT2D eigenvalue weighted by Gasteiger charge is -2.09. The summed E-state index contributed by atoms with van der Waals surface area (Å²) in [6.07, 6.45) is 0. The molecule has 0 unspecified atom stereocenters. The Morgan fingerprint density at radius 2 is 1.91 bits per heavy atom. The first-order valence-corrected chi connectivity index (χ1v) is 7.50. The third-order valence-electron chi connectivity index (χ3n) is 3.31. The van der Waals surface area contributed by atoms with Crippen LogP contribution in [-0.4, -0.2) is 25.3 Å². The predicted molar refractivity (Wildman–Crippen MR) is 89.2 cm³/mol. The summed E-state index contributed by atoms with van der Waals surface area (Å²) in [6.45, 7) is 0. The monoisotopic (exact) mass is 376 g/mol. The van der Waals surface area contributed by atoms with Gasteiger partial charge in [-0.2, -0.15) is 0 Å². The zero-order valence-electron chi connectivity index (χ0n) is 12.4. The highest BCUT2D eigenvalue weighted by molar-refractivity contribution is 9.10. The summed E-state index contributed by atoms with van der Waals surface area (Å²) in [7, 11) is 3.05. The fraction of sp³-hybridized carbons (Fsp3) is 0.125. The highest BCUT2D eigenvalue weighted by atomic mass is 79.9. The third kappa shape index (κ3) is 3.00. The Hall–Kier alpha value is -2.54. The molecule has 3 aromatic rings. The van der Waals surface area contributed by atoms with Gasteiger partial charge in [-0.3, -0.25) is 4.79 Å². The number of halogens is 1. The molecule has 1 amide bonds. The number of rotatable bonds is 4. The molecule has 0 atom stereocenters. The largest absolute Gasteiger partial charge is 0.493 e. The number of anilines is 1. The van der Waals surface area contributed by atoms with Crippen LogP contribution >= 0.6 is 15.9 Å². The van der Waals surface area contributed by atoms with Gasteiger partial charge in [0, 0.05) is 10.0 Å². The maximum absolute atomic E-state index is 12.4. The van der Waals surface area contributed by atoms with Gasteiger partial charge in [-0.25, -0.2) is 0 Å². The molecule has 7 heteroatoms. The normalized spacial score (nSPS) is 10.6. The molecule has 0 aliphatic carbocycles. The Kier molecular flexibility index (Phi) is 4.20. The molecule has 0 saturated carbocycles. The van der Waals surface area contributed by atoms with Crippen molar-refractivity contribution >= 4 is 38.6 Å². The molecule has 0 fully saturated rings. The summed E-state index contributed by atoms with van der Waals surface area (Å²) < 4.78 is 16.4. The number of carbonyl (C=O) groups excluding carboxylic acids is 1. The Balaban J connectivity index is 1.90. The first kappa shape index (κ1) is 15.4. The number of nitrogens with one attached hydrogen (secondary N) is 1. The second kappa shape index (κ2) is 6.29. The smallest absolute Gasteiger partial charge is 0.257 e. The molecule has 23 heavy (non-hydrogen) atoms. The van der Waals surface area contributed by atoms with Gasteiger partial charge in [0.2, 0.25) is 0 Å². The molecule has 0 aliphatic rings. The average Bonchev–Trinajstić information content (AvgIpc) is 2.96. The second-order valence-corrected chi connectivity index (χ2v) is 5.61. The van der Waals surface area contributed by atoms with Gasteiger partial charge in [-0.15, -0.1) is 0 Å². The molecular formula is C16H13BrN2O4. The minimum Gasteiger partial charge on any atom is -0.493 e. The number of methoxy groups -OCH3 is 2. The van der Waals surface area contributed by atoms with Crippen molar-refractivity contribution in [2.75, 3.05) is 19.5 Å². The van der Waals surface area contributed by atoms with Gasteiger partial charge in [-0.05, 0) is 36.4 Å². The lowest BCUT2D eigenvalue weighted by molar-refractivity contribution is 0.102. The SMILES string of the molecule is COc1ccc(C(=O)Nc2noc3ccc(Br)cc23)cc1OC. The van der Waals surface area contributed by atoms with Crippen LogP contribution in [0.4, 0.5) is 5.82 Å². The number of ether oxygens (including phenoxy) is 2. The molecule has 0 spiro atoms. The minimum absolute atomic E-state index is 0.318.